The van der Waals surface area contributed by atoms with E-state index in [0.717, 1.165) is 39.9 Å². The van der Waals surface area contributed by atoms with Crippen LogP contribution in [-0.4, -0.2) is 15.7 Å². The van der Waals surface area contributed by atoms with Crippen molar-refractivity contribution in [3.63, 3.8) is 0 Å². The number of aryl methyl sites for hydroxylation is 1. The lowest BCUT2D eigenvalue weighted by atomic mass is 9.72. The Morgan fingerprint density at radius 2 is 2.04 bits per heavy atom. The van der Waals surface area contributed by atoms with Crippen molar-refractivity contribution in [2.24, 2.45) is 17.3 Å². The number of hydrogen-bond donors (Lipinski definition) is 1. The Hall–Kier alpha value is -0.810. The van der Waals surface area contributed by atoms with Gasteiger partial charge in [0.15, 0.2) is 5.16 Å². The van der Waals surface area contributed by atoms with E-state index in [4.69, 9.17) is 10.7 Å². The molecular weight excluding hydrogens is 334 g/mol. The molecule has 2 aromatic heterocycles. The van der Waals surface area contributed by atoms with Gasteiger partial charge in [0, 0.05) is 10.6 Å². The zero-order valence-electron chi connectivity index (χ0n) is 15.5. The van der Waals surface area contributed by atoms with E-state index >= 15 is 0 Å². The molecule has 3 nitrogen and oxygen atoms in total. The molecule has 0 radical (unpaired) electrons. The highest BCUT2D eigenvalue weighted by molar-refractivity contribution is 7.99. The lowest BCUT2D eigenvalue weighted by molar-refractivity contribution is 0.218. The van der Waals surface area contributed by atoms with Gasteiger partial charge in [-0.2, -0.15) is 0 Å². The lowest BCUT2D eigenvalue weighted by Gasteiger charge is -2.33. The summed E-state index contributed by atoms with van der Waals surface area (Å²) in [6.45, 7) is 11.6. The van der Waals surface area contributed by atoms with E-state index in [-0.39, 0.29) is 0 Å². The van der Waals surface area contributed by atoms with Crippen LogP contribution in [0.15, 0.2) is 5.16 Å². The summed E-state index contributed by atoms with van der Waals surface area (Å²) in [4.78, 5) is 12.0. The average Bonchev–Trinajstić information content (AvgIpc) is 2.83. The predicted molar refractivity (Wildman–Crippen MR) is 107 cm³/mol. The van der Waals surface area contributed by atoms with Gasteiger partial charge in [0.05, 0.1) is 5.39 Å². The molecule has 1 aliphatic rings. The van der Waals surface area contributed by atoms with Crippen molar-refractivity contribution in [3.8, 4) is 0 Å². The highest BCUT2D eigenvalue weighted by atomic mass is 32.2. The van der Waals surface area contributed by atoms with Crippen molar-refractivity contribution >= 4 is 39.1 Å². The summed E-state index contributed by atoms with van der Waals surface area (Å²) in [5, 5.41) is 1.97. The normalized spacial score (nSPS) is 18.3. The molecule has 24 heavy (non-hydrogen) atoms. The van der Waals surface area contributed by atoms with Crippen LogP contribution >= 0.6 is 23.1 Å². The van der Waals surface area contributed by atoms with E-state index in [1.165, 1.54) is 23.3 Å². The number of nitrogens with zero attached hydrogens (tertiary/aromatic N) is 2. The molecule has 3 rings (SSSR count). The average molecular weight is 364 g/mol. The van der Waals surface area contributed by atoms with Gasteiger partial charge < -0.3 is 5.73 Å². The first-order valence-corrected chi connectivity index (χ1v) is 10.8. The van der Waals surface area contributed by atoms with Gasteiger partial charge in [-0.05, 0) is 48.5 Å². The summed E-state index contributed by atoms with van der Waals surface area (Å²) in [6, 6.07) is 0. The summed E-state index contributed by atoms with van der Waals surface area (Å²) in [5.74, 6) is 3.19. The Labute approximate surface area is 153 Å². The molecule has 0 bridgehead atoms. The molecule has 0 aliphatic heterocycles. The van der Waals surface area contributed by atoms with Gasteiger partial charge in [-0.3, -0.25) is 0 Å². The summed E-state index contributed by atoms with van der Waals surface area (Å²) in [5.41, 5.74) is 8.11. The predicted octanol–water partition coefficient (Wildman–Crippen LogP) is 5.56. The van der Waals surface area contributed by atoms with Crippen molar-refractivity contribution in [1.82, 2.24) is 9.97 Å². The van der Waals surface area contributed by atoms with Crippen LogP contribution in [0.25, 0.3) is 10.2 Å². The van der Waals surface area contributed by atoms with Crippen LogP contribution < -0.4 is 5.73 Å². The van der Waals surface area contributed by atoms with E-state index < -0.39 is 0 Å². The van der Waals surface area contributed by atoms with Crippen molar-refractivity contribution in [2.45, 2.75) is 65.5 Å². The molecule has 1 aliphatic carbocycles. The fraction of sp³-hybridized carbons (Fsp3) is 0.684. The highest BCUT2D eigenvalue weighted by Gasteiger charge is 2.31. The third kappa shape index (κ3) is 3.72. The second kappa shape index (κ2) is 6.83. The molecule has 132 valence electrons. The number of anilines is 1. The van der Waals surface area contributed by atoms with Gasteiger partial charge in [0.1, 0.15) is 10.6 Å². The van der Waals surface area contributed by atoms with Crippen molar-refractivity contribution in [1.29, 1.82) is 0 Å². The molecular formula is C19H29N3S2. The molecule has 0 aromatic carbocycles. The Kier molecular flexibility index (Phi) is 5.12. The molecule has 0 saturated carbocycles. The lowest BCUT2D eigenvalue weighted by Crippen LogP contribution is -2.26. The first-order chi connectivity index (χ1) is 11.3. The van der Waals surface area contributed by atoms with Crippen LogP contribution in [0, 0.1) is 17.3 Å². The van der Waals surface area contributed by atoms with Crippen LogP contribution in [0.1, 0.15) is 57.9 Å². The van der Waals surface area contributed by atoms with Gasteiger partial charge in [0.25, 0.3) is 0 Å². The minimum Gasteiger partial charge on any atom is -0.383 e. The van der Waals surface area contributed by atoms with Gasteiger partial charge in [0.2, 0.25) is 0 Å². The monoisotopic (exact) mass is 363 g/mol. The molecule has 1 atom stereocenters. The third-order valence-corrected chi connectivity index (χ3v) is 7.10. The maximum atomic E-state index is 6.32. The molecule has 0 saturated heterocycles. The number of fused-ring (bicyclic) bond motifs is 3. The number of nitrogen functional groups attached to an aromatic ring is 1. The smallest absolute Gasteiger partial charge is 0.190 e. The Bertz CT molecular complexity index is 728. The number of nitrogens with two attached hydrogens (primary N) is 1. The summed E-state index contributed by atoms with van der Waals surface area (Å²) in [7, 11) is 0. The quantitative estimate of drug-likeness (QED) is 0.570. The number of thioether (sulfide) groups is 1. The topological polar surface area (TPSA) is 51.8 Å². The van der Waals surface area contributed by atoms with E-state index in [2.05, 4.69) is 39.6 Å². The maximum absolute atomic E-state index is 6.32. The highest BCUT2D eigenvalue weighted by Crippen LogP contribution is 2.44. The molecule has 2 N–H and O–H groups in total. The maximum Gasteiger partial charge on any atom is 0.190 e. The standard InChI is InChI=1S/C19H29N3S2/c1-11(2)8-9-23-18-21-16(20)15-13-7-6-12(19(3,4)5)10-14(13)24-17(15)22-18/h11-12H,6-10H2,1-5H3,(H2,20,21,22)/t12-/m0/s1. The summed E-state index contributed by atoms with van der Waals surface area (Å²) < 4.78 is 0. The zero-order valence-corrected chi connectivity index (χ0v) is 17.1. The van der Waals surface area contributed by atoms with E-state index in [1.807, 2.05) is 11.3 Å². The zero-order chi connectivity index (χ0) is 17.5. The minimum absolute atomic E-state index is 0.364. The first kappa shape index (κ1) is 18.0. The second-order valence-electron chi connectivity index (χ2n) is 8.41. The summed E-state index contributed by atoms with van der Waals surface area (Å²) in [6.07, 6.45) is 4.70. The number of rotatable bonds is 4. The largest absolute Gasteiger partial charge is 0.383 e. The molecule has 0 unspecified atom stereocenters. The van der Waals surface area contributed by atoms with Gasteiger partial charge in [-0.25, -0.2) is 9.97 Å². The van der Waals surface area contributed by atoms with Crippen LogP contribution in [-0.2, 0) is 12.8 Å². The molecule has 0 amide bonds. The molecule has 2 aromatic rings. The Morgan fingerprint density at radius 3 is 2.71 bits per heavy atom. The molecule has 5 heteroatoms. The number of hydrogen-bond acceptors (Lipinski definition) is 5. The van der Waals surface area contributed by atoms with Gasteiger partial charge in [-0.1, -0.05) is 46.4 Å². The van der Waals surface area contributed by atoms with E-state index in [0.29, 0.717) is 17.2 Å². The van der Waals surface area contributed by atoms with Crippen molar-refractivity contribution in [3.05, 3.63) is 10.4 Å². The van der Waals surface area contributed by atoms with Crippen LogP contribution in [0.5, 0.6) is 0 Å². The SMILES string of the molecule is CC(C)CCSc1nc(N)c2c3c(sc2n1)C[C@@H](C(C)(C)C)CC3. The van der Waals surface area contributed by atoms with E-state index in [1.54, 1.807) is 11.8 Å². The minimum atomic E-state index is 0.364. The number of thiophene rings is 1. The summed E-state index contributed by atoms with van der Waals surface area (Å²) >= 11 is 3.58. The Balaban J connectivity index is 1.88. The van der Waals surface area contributed by atoms with Crippen molar-refractivity contribution < 1.29 is 0 Å². The van der Waals surface area contributed by atoms with Crippen LogP contribution in [0.4, 0.5) is 5.82 Å². The van der Waals surface area contributed by atoms with Gasteiger partial charge in [-0.15, -0.1) is 11.3 Å². The fourth-order valence-corrected chi connectivity index (χ4v) is 5.83. The third-order valence-electron chi connectivity index (χ3n) is 5.07. The van der Waals surface area contributed by atoms with Gasteiger partial charge >= 0.3 is 0 Å². The molecule has 0 fully saturated rings. The van der Waals surface area contributed by atoms with E-state index in [9.17, 15) is 0 Å². The first-order valence-electron chi connectivity index (χ1n) is 8.96. The van der Waals surface area contributed by atoms with Crippen molar-refractivity contribution in [2.75, 3.05) is 11.5 Å². The Morgan fingerprint density at radius 1 is 1.29 bits per heavy atom. The molecule has 2 heterocycles. The molecule has 0 spiro atoms. The second-order valence-corrected chi connectivity index (χ2v) is 10.6. The fourth-order valence-electron chi connectivity index (χ4n) is 3.37. The van der Waals surface area contributed by atoms with Crippen LogP contribution in [0.2, 0.25) is 0 Å². The van der Waals surface area contributed by atoms with Crippen LogP contribution in [0.3, 0.4) is 0 Å². The number of aromatic nitrogens is 2.